The van der Waals surface area contributed by atoms with E-state index in [0.29, 0.717) is 5.91 Å². The van der Waals surface area contributed by atoms with Gasteiger partial charge in [-0.25, -0.2) is 0 Å². The highest BCUT2D eigenvalue weighted by atomic mass is 32.1. The summed E-state index contributed by atoms with van der Waals surface area (Å²) in [4.78, 5) is 22.9. The summed E-state index contributed by atoms with van der Waals surface area (Å²) in [6, 6.07) is 6.32. The maximum Gasteiger partial charge on any atom is 0.226 e. The Morgan fingerprint density at radius 1 is 1.17 bits per heavy atom. The van der Waals surface area contributed by atoms with E-state index in [-0.39, 0.29) is 5.92 Å². The van der Waals surface area contributed by atoms with E-state index in [2.05, 4.69) is 38.4 Å². The molecule has 24 heavy (non-hydrogen) atoms. The summed E-state index contributed by atoms with van der Waals surface area (Å²) in [5.41, 5.74) is 2.66. The normalized spacial score (nSPS) is 19.2. The number of hydrogen-bond donors (Lipinski definition) is 0. The van der Waals surface area contributed by atoms with E-state index in [1.165, 1.54) is 16.0 Å². The van der Waals surface area contributed by atoms with Crippen LogP contribution in [0.1, 0.15) is 28.8 Å². The van der Waals surface area contributed by atoms with Gasteiger partial charge in [0, 0.05) is 42.8 Å². The fourth-order valence-corrected chi connectivity index (χ4v) is 4.67. The Labute approximate surface area is 147 Å². The second kappa shape index (κ2) is 7.03. The maximum absolute atomic E-state index is 12.9. The van der Waals surface area contributed by atoms with Crippen molar-refractivity contribution in [1.29, 1.82) is 0 Å². The Balaban J connectivity index is 1.30. The number of piperidine rings is 1. The van der Waals surface area contributed by atoms with Crippen LogP contribution in [-0.2, 0) is 24.3 Å². The van der Waals surface area contributed by atoms with Gasteiger partial charge in [-0.05, 0) is 67.1 Å². The first-order chi connectivity index (χ1) is 11.8. The van der Waals surface area contributed by atoms with Crippen molar-refractivity contribution >= 4 is 17.2 Å². The number of hydrogen-bond acceptors (Lipinski definition) is 4. The van der Waals surface area contributed by atoms with Crippen LogP contribution in [0.4, 0.5) is 0 Å². The van der Waals surface area contributed by atoms with E-state index in [1.54, 1.807) is 0 Å². The van der Waals surface area contributed by atoms with Crippen molar-refractivity contribution in [2.24, 2.45) is 5.92 Å². The van der Waals surface area contributed by atoms with Crippen LogP contribution in [0.3, 0.4) is 0 Å². The van der Waals surface area contributed by atoms with Crippen molar-refractivity contribution in [3.8, 4) is 0 Å². The maximum atomic E-state index is 12.9. The molecule has 0 aromatic carbocycles. The Bertz CT molecular complexity index is 692. The quantitative estimate of drug-likeness (QED) is 0.861. The molecular formula is C19H23N3OS. The van der Waals surface area contributed by atoms with Crippen molar-refractivity contribution in [1.82, 2.24) is 14.8 Å². The number of aromatic nitrogens is 1. The minimum Gasteiger partial charge on any atom is -0.338 e. The molecule has 0 unspecified atom stereocenters. The van der Waals surface area contributed by atoms with Crippen LogP contribution in [0.25, 0.3) is 0 Å². The fraction of sp³-hybridized carbons (Fsp3) is 0.474. The van der Waals surface area contributed by atoms with Gasteiger partial charge < -0.3 is 4.90 Å². The van der Waals surface area contributed by atoms with E-state index >= 15 is 0 Å². The van der Waals surface area contributed by atoms with E-state index < -0.39 is 0 Å². The van der Waals surface area contributed by atoms with Gasteiger partial charge in [0.05, 0.1) is 0 Å². The van der Waals surface area contributed by atoms with Crippen molar-refractivity contribution in [2.75, 3.05) is 19.6 Å². The van der Waals surface area contributed by atoms with Crippen LogP contribution in [0, 0.1) is 5.92 Å². The van der Waals surface area contributed by atoms with Gasteiger partial charge in [-0.2, -0.15) is 0 Å². The lowest BCUT2D eigenvalue weighted by Crippen LogP contribution is -2.43. The predicted molar refractivity (Wildman–Crippen MR) is 95.7 cm³/mol. The number of rotatable bonds is 3. The zero-order chi connectivity index (χ0) is 16.4. The van der Waals surface area contributed by atoms with Gasteiger partial charge in [0.15, 0.2) is 0 Å². The molecule has 4 rings (SSSR count). The first-order valence-corrected chi connectivity index (χ1v) is 9.63. The van der Waals surface area contributed by atoms with Gasteiger partial charge in [0.25, 0.3) is 0 Å². The average molecular weight is 341 g/mol. The second-order valence-electron chi connectivity index (χ2n) is 6.78. The van der Waals surface area contributed by atoms with E-state index in [9.17, 15) is 4.79 Å². The first-order valence-electron chi connectivity index (χ1n) is 8.75. The zero-order valence-electron chi connectivity index (χ0n) is 13.9. The smallest absolute Gasteiger partial charge is 0.226 e. The minimum atomic E-state index is 0.207. The molecule has 1 fully saturated rings. The number of carbonyl (C=O) groups is 1. The third-order valence-corrected chi connectivity index (χ3v) is 6.23. The van der Waals surface area contributed by atoms with Crippen LogP contribution < -0.4 is 0 Å². The summed E-state index contributed by atoms with van der Waals surface area (Å²) in [6.45, 7) is 4.69. The summed E-state index contributed by atoms with van der Waals surface area (Å²) in [6.07, 6.45) is 6.69. The lowest BCUT2D eigenvalue weighted by molar-refractivity contribution is -0.138. The number of pyridine rings is 1. The van der Waals surface area contributed by atoms with Gasteiger partial charge in [-0.15, -0.1) is 11.3 Å². The summed E-state index contributed by atoms with van der Waals surface area (Å²) < 4.78 is 0. The number of amides is 1. The van der Waals surface area contributed by atoms with Crippen molar-refractivity contribution in [3.05, 3.63) is 52.0 Å². The molecule has 4 nitrogen and oxygen atoms in total. The highest BCUT2D eigenvalue weighted by molar-refractivity contribution is 7.10. The molecule has 0 radical (unpaired) electrons. The lowest BCUT2D eigenvalue weighted by atomic mass is 9.94. The van der Waals surface area contributed by atoms with Gasteiger partial charge in [0.1, 0.15) is 0 Å². The Morgan fingerprint density at radius 3 is 2.75 bits per heavy atom. The highest BCUT2D eigenvalue weighted by Crippen LogP contribution is 2.27. The summed E-state index contributed by atoms with van der Waals surface area (Å²) >= 11 is 1.83. The number of carbonyl (C=O) groups excluding carboxylic acids is 1. The number of nitrogens with zero attached hydrogens (tertiary/aromatic N) is 3. The van der Waals surface area contributed by atoms with Gasteiger partial charge >= 0.3 is 0 Å². The van der Waals surface area contributed by atoms with E-state index in [1.807, 2.05) is 23.7 Å². The molecule has 0 atom stereocenters. The standard InChI is InChI=1S/C19H23N3OS/c23-19(22-11-5-18-17(14-22)6-12-24-18)16-3-9-21(10-4-16)13-15-1-7-20-8-2-15/h1-2,6-8,12,16H,3-5,9-11,13-14H2. The van der Waals surface area contributed by atoms with Crippen LogP contribution in [-0.4, -0.2) is 40.3 Å². The molecule has 0 N–H and O–H groups in total. The molecule has 0 bridgehead atoms. The molecule has 1 amide bonds. The Hall–Kier alpha value is -1.72. The van der Waals surface area contributed by atoms with Gasteiger partial charge in [0.2, 0.25) is 5.91 Å². The average Bonchev–Trinajstić information content (AvgIpc) is 3.10. The monoisotopic (exact) mass is 341 g/mol. The number of thiophene rings is 1. The summed E-state index contributed by atoms with van der Waals surface area (Å²) in [5.74, 6) is 0.578. The van der Waals surface area contributed by atoms with E-state index in [0.717, 1.165) is 52.0 Å². The number of likely N-dealkylation sites (tertiary alicyclic amines) is 1. The summed E-state index contributed by atoms with van der Waals surface area (Å²) in [5, 5.41) is 2.15. The van der Waals surface area contributed by atoms with Crippen LogP contribution in [0.5, 0.6) is 0 Å². The SMILES string of the molecule is O=C(C1CCN(Cc2ccncc2)CC1)N1CCc2sccc2C1. The minimum absolute atomic E-state index is 0.207. The van der Waals surface area contributed by atoms with Crippen molar-refractivity contribution < 1.29 is 4.79 Å². The Kier molecular flexibility index (Phi) is 4.63. The molecule has 5 heteroatoms. The molecule has 1 saturated heterocycles. The van der Waals surface area contributed by atoms with E-state index in [4.69, 9.17) is 0 Å². The highest BCUT2D eigenvalue weighted by Gasteiger charge is 2.30. The Morgan fingerprint density at radius 2 is 1.96 bits per heavy atom. The fourth-order valence-electron chi connectivity index (χ4n) is 3.78. The third kappa shape index (κ3) is 3.37. The number of fused-ring (bicyclic) bond motifs is 1. The van der Waals surface area contributed by atoms with Crippen LogP contribution in [0.2, 0.25) is 0 Å². The first kappa shape index (κ1) is 15.8. The van der Waals surface area contributed by atoms with Gasteiger partial charge in [-0.1, -0.05) is 0 Å². The second-order valence-corrected chi connectivity index (χ2v) is 7.79. The molecule has 0 saturated carbocycles. The topological polar surface area (TPSA) is 36.4 Å². The van der Waals surface area contributed by atoms with Crippen molar-refractivity contribution in [2.45, 2.75) is 32.4 Å². The molecule has 0 spiro atoms. The predicted octanol–water partition coefficient (Wildman–Crippen LogP) is 2.94. The zero-order valence-corrected chi connectivity index (χ0v) is 14.7. The molecule has 2 aliphatic heterocycles. The largest absolute Gasteiger partial charge is 0.338 e. The van der Waals surface area contributed by atoms with Crippen LogP contribution in [0.15, 0.2) is 36.0 Å². The molecular weight excluding hydrogens is 318 g/mol. The summed E-state index contributed by atoms with van der Waals surface area (Å²) in [7, 11) is 0. The lowest BCUT2D eigenvalue weighted by Gasteiger charge is -2.35. The van der Waals surface area contributed by atoms with Crippen molar-refractivity contribution in [3.63, 3.8) is 0 Å². The van der Waals surface area contributed by atoms with Crippen LogP contribution >= 0.6 is 11.3 Å². The molecule has 4 heterocycles. The molecule has 0 aliphatic carbocycles. The molecule has 2 aromatic rings. The molecule has 2 aromatic heterocycles. The molecule has 126 valence electrons. The third-order valence-electron chi connectivity index (χ3n) is 5.21. The van der Waals surface area contributed by atoms with Gasteiger partial charge in [-0.3, -0.25) is 14.7 Å². The molecule has 2 aliphatic rings.